The molecular formula is C13H15ClN4OS. The standard InChI is InChI=1S/C13H15ClN4OS/c1-8-15-12(17-16-8)9-4-6-18(7-5-9)13(19)10-2-3-11(14)20-10/h2-3,9H,4-7H2,1H3,(H,15,16,17). The summed E-state index contributed by atoms with van der Waals surface area (Å²) in [7, 11) is 0. The van der Waals surface area contributed by atoms with Crippen LogP contribution >= 0.6 is 22.9 Å². The maximum atomic E-state index is 12.3. The number of H-pyrrole nitrogens is 1. The summed E-state index contributed by atoms with van der Waals surface area (Å²) in [5, 5.41) is 7.09. The van der Waals surface area contributed by atoms with Crippen LogP contribution in [0.2, 0.25) is 4.34 Å². The van der Waals surface area contributed by atoms with E-state index in [9.17, 15) is 4.79 Å². The molecule has 1 aliphatic heterocycles. The van der Waals surface area contributed by atoms with Crippen molar-refractivity contribution in [2.45, 2.75) is 25.7 Å². The zero-order valence-corrected chi connectivity index (χ0v) is 12.7. The minimum atomic E-state index is 0.0755. The molecule has 3 rings (SSSR count). The van der Waals surface area contributed by atoms with Crippen LogP contribution in [0, 0.1) is 6.92 Å². The summed E-state index contributed by atoms with van der Waals surface area (Å²) in [5.41, 5.74) is 0. The number of likely N-dealkylation sites (tertiary alicyclic amines) is 1. The van der Waals surface area contributed by atoms with Gasteiger partial charge in [-0.05, 0) is 31.9 Å². The van der Waals surface area contributed by atoms with Gasteiger partial charge in [-0.15, -0.1) is 11.3 Å². The summed E-state index contributed by atoms with van der Waals surface area (Å²) in [6, 6.07) is 3.56. The molecule has 0 spiro atoms. The second-order valence-electron chi connectivity index (χ2n) is 4.95. The molecule has 0 aliphatic carbocycles. The summed E-state index contributed by atoms with van der Waals surface area (Å²) < 4.78 is 0.652. The molecule has 3 heterocycles. The molecular weight excluding hydrogens is 296 g/mol. The lowest BCUT2D eigenvalue weighted by Crippen LogP contribution is -2.37. The van der Waals surface area contributed by atoms with Crippen molar-refractivity contribution in [2.75, 3.05) is 13.1 Å². The summed E-state index contributed by atoms with van der Waals surface area (Å²) in [5.74, 6) is 2.13. The molecule has 0 saturated carbocycles. The van der Waals surface area contributed by atoms with Gasteiger partial charge < -0.3 is 4.90 Å². The van der Waals surface area contributed by atoms with Crippen molar-refractivity contribution in [1.29, 1.82) is 0 Å². The molecule has 1 N–H and O–H groups in total. The number of hydrogen-bond acceptors (Lipinski definition) is 4. The van der Waals surface area contributed by atoms with Gasteiger partial charge in [-0.1, -0.05) is 11.6 Å². The Labute approximate surface area is 126 Å². The van der Waals surface area contributed by atoms with Gasteiger partial charge in [-0.25, -0.2) is 4.98 Å². The summed E-state index contributed by atoms with van der Waals surface area (Å²) >= 11 is 7.21. The van der Waals surface area contributed by atoms with E-state index in [1.807, 2.05) is 11.8 Å². The number of halogens is 1. The lowest BCUT2D eigenvalue weighted by molar-refractivity contribution is 0.0716. The fraction of sp³-hybridized carbons (Fsp3) is 0.462. The Morgan fingerprint density at radius 1 is 1.45 bits per heavy atom. The Bertz CT molecular complexity index is 615. The predicted molar refractivity (Wildman–Crippen MR) is 78.3 cm³/mol. The number of carbonyl (C=O) groups excluding carboxylic acids is 1. The van der Waals surface area contributed by atoms with E-state index in [1.165, 1.54) is 11.3 Å². The predicted octanol–water partition coefficient (Wildman–Crippen LogP) is 2.85. The number of nitrogens with zero attached hydrogens (tertiary/aromatic N) is 3. The largest absolute Gasteiger partial charge is 0.338 e. The number of carbonyl (C=O) groups is 1. The lowest BCUT2D eigenvalue weighted by Gasteiger charge is -2.30. The van der Waals surface area contributed by atoms with Gasteiger partial charge in [-0.2, -0.15) is 5.10 Å². The minimum Gasteiger partial charge on any atom is -0.338 e. The van der Waals surface area contributed by atoms with Crippen molar-refractivity contribution in [3.8, 4) is 0 Å². The van der Waals surface area contributed by atoms with E-state index < -0.39 is 0 Å². The fourth-order valence-corrected chi connectivity index (χ4v) is 3.48. The normalized spacial score (nSPS) is 16.6. The summed E-state index contributed by atoms with van der Waals surface area (Å²) in [4.78, 5) is 19.3. The van der Waals surface area contributed by atoms with E-state index in [0.717, 1.165) is 37.6 Å². The van der Waals surface area contributed by atoms with Crippen molar-refractivity contribution in [3.05, 3.63) is 33.0 Å². The van der Waals surface area contributed by atoms with Crippen molar-refractivity contribution >= 4 is 28.8 Å². The van der Waals surface area contributed by atoms with Crippen LogP contribution in [0.5, 0.6) is 0 Å². The van der Waals surface area contributed by atoms with E-state index >= 15 is 0 Å². The van der Waals surface area contributed by atoms with Gasteiger partial charge in [0.1, 0.15) is 5.82 Å². The second-order valence-corrected chi connectivity index (χ2v) is 6.66. The molecule has 0 bridgehead atoms. The smallest absolute Gasteiger partial charge is 0.263 e. The minimum absolute atomic E-state index is 0.0755. The summed E-state index contributed by atoms with van der Waals surface area (Å²) in [6.45, 7) is 3.38. The molecule has 5 nitrogen and oxygen atoms in total. The number of aromatic nitrogens is 3. The van der Waals surface area contributed by atoms with E-state index in [0.29, 0.717) is 15.1 Å². The van der Waals surface area contributed by atoms with Gasteiger partial charge in [0.25, 0.3) is 5.91 Å². The topological polar surface area (TPSA) is 61.9 Å². The highest BCUT2D eigenvalue weighted by Gasteiger charge is 2.27. The third kappa shape index (κ3) is 2.71. The van der Waals surface area contributed by atoms with Crippen molar-refractivity contribution in [2.24, 2.45) is 0 Å². The Hall–Kier alpha value is -1.40. The molecule has 1 aliphatic rings. The van der Waals surface area contributed by atoms with Crippen LogP contribution in [0.15, 0.2) is 12.1 Å². The van der Waals surface area contributed by atoms with E-state index in [2.05, 4.69) is 15.2 Å². The average molecular weight is 311 g/mol. The molecule has 1 amide bonds. The second kappa shape index (κ2) is 5.54. The average Bonchev–Trinajstić information content (AvgIpc) is 3.07. The molecule has 7 heteroatoms. The number of amides is 1. The highest BCUT2D eigenvalue weighted by atomic mass is 35.5. The number of hydrogen-bond donors (Lipinski definition) is 1. The molecule has 106 valence electrons. The zero-order valence-electron chi connectivity index (χ0n) is 11.1. The van der Waals surface area contributed by atoms with Gasteiger partial charge in [0.2, 0.25) is 0 Å². The van der Waals surface area contributed by atoms with Crippen LogP contribution in [0.1, 0.15) is 40.1 Å². The fourth-order valence-electron chi connectivity index (χ4n) is 2.47. The van der Waals surface area contributed by atoms with E-state index in [4.69, 9.17) is 11.6 Å². The van der Waals surface area contributed by atoms with Gasteiger partial charge in [0.05, 0.1) is 9.21 Å². The highest BCUT2D eigenvalue weighted by molar-refractivity contribution is 7.17. The van der Waals surface area contributed by atoms with E-state index in [-0.39, 0.29) is 5.91 Å². The van der Waals surface area contributed by atoms with Crippen LogP contribution in [0.25, 0.3) is 0 Å². The van der Waals surface area contributed by atoms with Gasteiger partial charge in [0.15, 0.2) is 5.82 Å². The quantitative estimate of drug-likeness (QED) is 0.927. The Kier molecular flexibility index (Phi) is 3.76. The highest BCUT2D eigenvalue weighted by Crippen LogP contribution is 2.28. The lowest BCUT2D eigenvalue weighted by atomic mass is 9.96. The van der Waals surface area contributed by atoms with Crippen molar-refractivity contribution in [1.82, 2.24) is 20.1 Å². The molecule has 1 saturated heterocycles. The molecule has 2 aromatic heterocycles. The maximum Gasteiger partial charge on any atom is 0.263 e. The van der Waals surface area contributed by atoms with Crippen LogP contribution in [-0.2, 0) is 0 Å². The van der Waals surface area contributed by atoms with Gasteiger partial charge in [0, 0.05) is 19.0 Å². The molecule has 0 unspecified atom stereocenters. The van der Waals surface area contributed by atoms with Gasteiger partial charge >= 0.3 is 0 Å². The first-order valence-electron chi connectivity index (χ1n) is 6.57. The monoisotopic (exact) mass is 310 g/mol. The molecule has 0 radical (unpaired) electrons. The Morgan fingerprint density at radius 2 is 2.20 bits per heavy atom. The van der Waals surface area contributed by atoms with E-state index in [1.54, 1.807) is 12.1 Å². The van der Waals surface area contributed by atoms with Crippen LogP contribution < -0.4 is 0 Å². The third-order valence-corrected chi connectivity index (χ3v) is 4.76. The number of rotatable bonds is 2. The van der Waals surface area contributed by atoms with Gasteiger partial charge in [-0.3, -0.25) is 9.89 Å². The molecule has 20 heavy (non-hydrogen) atoms. The SMILES string of the molecule is Cc1nc(C2CCN(C(=O)c3ccc(Cl)s3)CC2)n[nH]1. The number of nitrogens with one attached hydrogen (secondary N) is 1. The molecule has 0 aromatic carbocycles. The van der Waals surface area contributed by atoms with Crippen molar-refractivity contribution in [3.63, 3.8) is 0 Å². The number of aryl methyl sites for hydroxylation is 1. The zero-order chi connectivity index (χ0) is 14.1. The first-order valence-corrected chi connectivity index (χ1v) is 7.76. The van der Waals surface area contributed by atoms with Crippen molar-refractivity contribution < 1.29 is 4.79 Å². The maximum absolute atomic E-state index is 12.3. The molecule has 2 aromatic rings. The van der Waals surface area contributed by atoms with Crippen LogP contribution in [0.4, 0.5) is 0 Å². The summed E-state index contributed by atoms with van der Waals surface area (Å²) in [6.07, 6.45) is 1.81. The third-order valence-electron chi connectivity index (χ3n) is 3.55. The number of aromatic amines is 1. The molecule has 1 fully saturated rings. The number of thiophene rings is 1. The first-order chi connectivity index (χ1) is 9.63. The molecule has 0 atom stereocenters. The number of piperidine rings is 1. The first kappa shape index (κ1) is 13.6. The van der Waals surface area contributed by atoms with Crippen LogP contribution in [0.3, 0.4) is 0 Å². The Balaban J connectivity index is 1.62. The van der Waals surface area contributed by atoms with Crippen LogP contribution in [-0.4, -0.2) is 39.1 Å². The Morgan fingerprint density at radius 3 is 2.75 bits per heavy atom.